The molecule has 0 aliphatic heterocycles. The van der Waals surface area contributed by atoms with Gasteiger partial charge in [0, 0.05) is 33.4 Å². The van der Waals surface area contributed by atoms with Crippen molar-refractivity contribution >= 4 is 40.3 Å². The molecule has 3 aromatic carbocycles. The van der Waals surface area contributed by atoms with Crippen molar-refractivity contribution < 1.29 is 24.2 Å². The number of nitrogens with one attached hydrogen (secondary N) is 1. The monoisotopic (exact) mass is 447 g/mol. The van der Waals surface area contributed by atoms with Crippen molar-refractivity contribution in [1.82, 2.24) is 0 Å². The fourth-order valence-corrected chi connectivity index (χ4v) is 3.96. The first-order valence-corrected chi connectivity index (χ1v) is 10.5. The van der Waals surface area contributed by atoms with Gasteiger partial charge in [0.2, 0.25) is 0 Å². The number of phenols is 1. The molecule has 1 amide bonds. The van der Waals surface area contributed by atoms with Crippen LogP contribution in [0.1, 0.15) is 26.3 Å². The van der Waals surface area contributed by atoms with Gasteiger partial charge in [-0.1, -0.05) is 12.1 Å². The zero-order chi connectivity index (χ0) is 22.7. The number of rotatable bonds is 6. The lowest BCUT2D eigenvalue weighted by Crippen LogP contribution is -2.16. The Morgan fingerprint density at radius 1 is 0.938 bits per heavy atom. The van der Waals surface area contributed by atoms with Gasteiger partial charge in [-0.25, -0.2) is 9.59 Å². The minimum atomic E-state index is -1.17. The number of benzene rings is 3. The molecule has 0 bridgehead atoms. The summed E-state index contributed by atoms with van der Waals surface area (Å²) >= 11 is 1.43. The number of hydrogen-bond acceptors (Lipinski definition) is 6. The number of carbonyl (C=O) groups excluding carboxylic acids is 1. The minimum absolute atomic E-state index is 0.0291. The van der Waals surface area contributed by atoms with Crippen molar-refractivity contribution in [2.24, 2.45) is 0 Å². The summed E-state index contributed by atoms with van der Waals surface area (Å²) in [6.07, 6.45) is 0. The summed E-state index contributed by atoms with van der Waals surface area (Å²) in [4.78, 5) is 36.8. The van der Waals surface area contributed by atoms with Gasteiger partial charge in [0.25, 0.3) is 5.91 Å². The zero-order valence-corrected chi connectivity index (χ0v) is 17.4. The largest absolute Gasteiger partial charge is 0.508 e. The molecule has 0 fully saturated rings. The Labute approximate surface area is 186 Å². The van der Waals surface area contributed by atoms with Crippen LogP contribution in [0.4, 0.5) is 5.69 Å². The summed E-state index contributed by atoms with van der Waals surface area (Å²) in [7, 11) is 0. The van der Waals surface area contributed by atoms with Gasteiger partial charge in [0.1, 0.15) is 11.3 Å². The van der Waals surface area contributed by atoms with Crippen LogP contribution in [0, 0.1) is 0 Å². The number of carboxylic acids is 1. The number of carbonyl (C=O) groups is 2. The van der Waals surface area contributed by atoms with E-state index in [0.29, 0.717) is 22.6 Å². The van der Waals surface area contributed by atoms with E-state index in [-0.39, 0.29) is 16.9 Å². The van der Waals surface area contributed by atoms with Crippen LogP contribution in [0.25, 0.3) is 11.0 Å². The van der Waals surface area contributed by atoms with Gasteiger partial charge in [-0.05, 0) is 54.6 Å². The van der Waals surface area contributed by atoms with E-state index in [0.717, 1.165) is 10.3 Å². The maximum Gasteiger partial charge on any atom is 0.340 e. The molecule has 1 heterocycles. The molecule has 0 spiro atoms. The van der Waals surface area contributed by atoms with Crippen molar-refractivity contribution in [3.05, 3.63) is 99.9 Å². The second-order valence-corrected chi connectivity index (χ2v) is 7.95. The molecule has 4 aromatic rings. The van der Waals surface area contributed by atoms with Gasteiger partial charge in [-0.3, -0.25) is 4.79 Å². The van der Waals surface area contributed by atoms with Crippen LogP contribution in [0.2, 0.25) is 0 Å². The number of fused-ring (bicyclic) bond motifs is 1. The normalized spacial score (nSPS) is 10.8. The lowest BCUT2D eigenvalue weighted by atomic mass is 10.1. The fourth-order valence-electron chi connectivity index (χ4n) is 3.10. The molecule has 4 rings (SSSR count). The molecule has 160 valence electrons. The standard InChI is InChI=1S/C24H17NO6S/c26-17-8-5-14-11-15(24(30)31-21(14)12-17)13-32-18-9-6-16(7-10-18)25-22(27)19-3-1-2-4-20(19)23(28)29/h1-12,26H,13H2,(H,25,27)(H,28,29). The molecule has 0 radical (unpaired) electrons. The molecule has 32 heavy (non-hydrogen) atoms. The summed E-state index contributed by atoms with van der Waals surface area (Å²) in [6.45, 7) is 0. The number of hydrogen-bond donors (Lipinski definition) is 3. The van der Waals surface area contributed by atoms with Gasteiger partial charge < -0.3 is 19.9 Å². The highest BCUT2D eigenvalue weighted by atomic mass is 32.2. The first-order chi connectivity index (χ1) is 15.4. The first-order valence-electron chi connectivity index (χ1n) is 9.53. The van der Waals surface area contributed by atoms with Crippen molar-refractivity contribution in [1.29, 1.82) is 0 Å². The van der Waals surface area contributed by atoms with E-state index in [4.69, 9.17) is 4.42 Å². The number of amides is 1. The molecular formula is C24H17NO6S. The van der Waals surface area contributed by atoms with E-state index in [1.807, 2.05) is 0 Å². The SMILES string of the molecule is O=C(O)c1ccccc1C(=O)Nc1ccc(SCc2cc3ccc(O)cc3oc2=O)cc1. The van der Waals surface area contributed by atoms with E-state index in [2.05, 4.69) is 5.32 Å². The van der Waals surface area contributed by atoms with Gasteiger partial charge in [-0.2, -0.15) is 0 Å². The molecule has 0 saturated heterocycles. The van der Waals surface area contributed by atoms with Crippen molar-refractivity contribution in [2.75, 3.05) is 5.32 Å². The molecule has 0 unspecified atom stereocenters. The Balaban J connectivity index is 1.43. The Morgan fingerprint density at radius 3 is 2.38 bits per heavy atom. The van der Waals surface area contributed by atoms with Crippen LogP contribution < -0.4 is 10.9 Å². The van der Waals surface area contributed by atoms with Crippen LogP contribution in [0.3, 0.4) is 0 Å². The van der Waals surface area contributed by atoms with E-state index >= 15 is 0 Å². The zero-order valence-electron chi connectivity index (χ0n) is 16.6. The topological polar surface area (TPSA) is 117 Å². The highest BCUT2D eigenvalue weighted by molar-refractivity contribution is 7.98. The lowest BCUT2D eigenvalue weighted by molar-refractivity contribution is 0.0692. The molecule has 7 nitrogen and oxygen atoms in total. The third-order valence-corrected chi connectivity index (χ3v) is 5.76. The molecule has 0 atom stereocenters. The van der Waals surface area contributed by atoms with Gasteiger partial charge >= 0.3 is 11.6 Å². The van der Waals surface area contributed by atoms with Crippen molar-refractivity contribution in [2.45, 2.75) is 10.6 Å². The van der Waals surface area contributed by atoms with E-state index in [9.17, 15) is 24.6 Å². The van der Waals surface area contributed by atoms with E-state index in [1.54, 1.807) is 48.5 Å². The second kappa shape index (κ2) is 8.99. The van der Waals surface area contributed by atoms with Crippen molar-refractivity contribution in [3.63, 3.8) is 0 Å². The predicted molar refractivity (Wildman–Crippen MR) is 122 cm³/mol. The summed E-state index contributed by atoms with van der Waals surface area (Å²) in [6, 6.07) is 19.3. The van der Waals surface area contributed by atoms with E-state index in [1.165, 1.54) is 36.0 Å². The summed E-state index contributed by atoms with van der Waals surface area (Å²) in [5.41, 5.74) is 0.890. The Kier molecular flexibility index (Phi) is 5.96. The number of thioether (sulfide) groups is 1. The molecule has 0 aliphatic carbocycles. The van der Waals surface area contributed by atoms with E-state index < -0.39 is 17.5 Å². The van der Waals surface area contributed by atoms with Gasteiger partial charge in [0.15, 0.2) is 0 Å². The Morgan fingerprint density at radius 2 is 1.66 bits per heavy atom. The maximum absolute atomic E-state index is 12.5. The third kappa shape index (κ3) is 4.65. The molecule has 3 N–H and O–H groups in total. The van der Waals surface area contributed by atoms with Crippen LogP contribution in [-0.2, 0) is 5.75 Å². The fraction of sp³-hybridized carbons (Fsp3) is 0.0417. The third-order valence-electron chi connectivity index (χ3n) is 4.70. The lowest BCUT2D eigenvalue weighted by Gasteiger charge is -2.08. The predicted octanol–water partition coefficient (Wildman–Crippen LogP) is 4.74. The number of phenolic OH excluding ortho intramolecular Hbond substituents is 1. The maximum atomic E-state index is 12.5. The van der Waals surface area contributed by atoms with Gasteiger partial charge in [-0.15, -0.1) is 11.8 Å². The second-order valence-electron chi connectivity index (χ2n) is 6.90. The average Bonchev–Trinajstić information content (AvgIpc) is 2.78. The molecule has 1 aromatic heterocycles. The summed E-state index contributed by atoms with van der Waals surface area (Å²) in [5, 5.41) is 22.2. The average molecular weight is 447 g/mol. The van der Waals surface area contributed by atoms with Crippen LogP contribution in [0.5, 0.6) is 5.75 Å². The quantitative estimate of drug-likeness (QED) is 0.289. The molecule has 0 saturated carbocycles. The smallest absolute Gasteiger partial charge is 0.340 e. The molecular weight excluding hydrogens is 430 g/mol. The van der Waals surface area contributed by atoms with Crippen LogP contribution in [0.15, 0.2) is 86.9 Å². The van der Waals surface area contributed by atoms with Crippen molar-refractivity contribution in [3.8, 4) is 5.75 Å². The highest BCUT2D eigenvalue weighted by Crippen LogP contribution is 2.26. The minimum Gasteiger partial charge on any atom is -0.508 e. The number of aromatic carboxylic acids is 1. The summed E-state index contributed by atoms with van der Waals surface area (Å²) < 4.78 is 5.28. The molecule has 0 aliphatic rings. The Bertz CT molecular complexity index is 1380. The van der Waals surface area contributed by atoms with Crippen LogP contribution in [-0.4, -0.2) is 22.1 Å². The van der Waals surface area contributed by atoms with Gasteiger partial charge in [0.05, 0.1) is 11.1 Å². The highest BCUT2D eigenvalue weighted by Gasteiger charge is 2.16. The Hall–Kier alpha value is -4.04. The number of anilines is 1. The summed E-state index contributed by atoms with van der Waals surface area (Å²) in [5.74, 6) is -1.27. The number of aromatic hydroxyl groups is 1. The van der Waals surface area contributed by atoms with Crippen LogP contribution >= 0.6 is 11.8 Å². The number of carboxylic acid groups (broad SMARTS) is 1. The first kappa shape index (κ1) is 21.2. The molecule has 8 heteroatoms.